The van der Waals surface area contributed by atoms with Crippen LogP contribution in [0.5, 0.6) is 5.75 Å². The number of rotatable bonds is 7. The van der Waals surface area contributed by atoms with Gasteiger partial charge in [0.05, 0.1) is 12.3 Å². The fourth-order valence-corrected chi connectivity index (χ4v) is 1.97. The fourth-order valence-electron chi connectivity index (χ4n) is 1.97. The van der Waals surface area contributed by atoms with Gasteiger partial charge in [0.2, 0.25) is 0 Å². The molecule has 0 aromatic heterocycles. The van der Waals surface area contributed by atoms with Gasteiger partial charge >= 0.3 is 0 Å². The Balaban J connectivity index is 1.79. The Hall–Kier alpha value is -2.16. The average molecular weight is 270 g/mol. The lowest BCUT2D eigenvalue weighted by molar-refractivity contribution is 0.342. The first-order chi connectivity index (χ1) is 9.79. The minimum atomic E-state index is 0.681. The van der Waals surface area contributed by atoms with Crippen molar-refractivity contribution >= 4 is 11.4 Å². The molecule has 3 nitrogen and oxygen atoms in total. The molecule has 0 unspecified atom stereocenters. The van der Waals surface area contributed by atoms with Crippen molar-refractivity contribution in [3.05, 3.63) is 54.1 Å². The third-order valence-corrected chi connectivity index (χ3v) is 3.01. The van der Waals surface area contributed by atoms with Gasteiger partial charge < -0.3 is 15.4 Å². The highest BCUT2D eigenvalue weighted by Gasteiger charge is 2.00. The molecule has 0 amide bonds. The molecule has 0 aliphatic carbocycles. The molecule has 106 valence electrons. The van der Waals surface area contributed by atoms with Crippen molar-refractivity contribution in [3.8, 4) is 5.75 Å². The van der Waals surface area contributed by atoms with Crippen LogP contribution in [-0.4, -0.2) is 19.7 Å². The zero-order valence-corrected chi connectivity index (χ0v) is 12.1. The number of para-hydroxylation sites is 2. The Morgan fingerprint density at radius 1 is 0.900 bits per heavy atom. The molecule has 0 atom stereocenters. The summed E-state index contributed by atoms with van der Waals surface area (Å²) in [5.74, 6) is 0.908. The van der Waals surface area contributed by atoms with Gasteiger partial charge in [-0.25, -0.2) is 0 Å². The number of hydrogen-bond acceptors (Lipinski definition) is 3. The number of benzene rings is 2. The van der Waals surface area contributed by atoms with E-state index < -0.39 is 0 Å². The zero-order valence-electron chi connectivity index (χ0n) is 12.1. The lowest BCUT2D eigenvalue weighted by Gasteiger charge is -2.13. The van der Waals surface area contributed by atoms with E-state index in [-0.39, 0.29) is 0 Å². The van der Waals surface area contributed by atoms with Crippen LogP contribution < -0.4 is 15.4 Å². The number of nitrogens with one attached hydrogen (secondary N) is 2. The Labute approximate surface area is 121 Å². The molecule has 2 aromatic rings. The predicted molar refractivity (Wildman–Crippen MR) is 85.8 cm³/mol. The minimum Gasteiger partial charge on any atom is -0.492 e. The molecule has 0 aliphatic rings. The van der Waals surface area contributed by atoms with E-state index in [4.69, 9.17) is 4.74 Å². The van der Waals surface area contributed by atoms with E-state index in [0.717, 1.165) is 30.2 Å². The summed E-state index contributed by atoms with van der Waals surface area (Å²) < 4.78 is 5.58. The van der Waals surface area contributed by atoms with Crippen molar-refractivity contribution in [1.82, 2.24) is 0 Å². The number of hydrogen-bond donors (Lipinski definition) is 2. The second-order valence-electron chi connectivity index (χ2n) is 4.65. The highest BCUT2D eigenvalue weighted by molar-refractivity contribution is 5.56. The Kier molecular flexibility index (Phi) is 5.30. The van der Waals surface area contributed by atoms with Crippen LogP contribution in [0.1, 0.15) is 12.5 Å². The van der Waals surface area contributed by atoms with Crippen LogP contribution >= 0.6 is 0 Å². The summed E-state index contributed by atoms with van der Waals surface area (Å²) in [6, 6.07) is 16.4. The number of anilines is 2. The van der Waals surface area contributed by atoms with Crippen LogP contribution in [0.25, 0.3) is 0 Å². The lowest BCUT2D eigenvalue weighted by atomic mass is 10.2. The summed E-state index contributed by atoms with van der Waals surface area (Å²) >= 11 is 0. The predicted octanol–water partition coefficient (Wildman–Crippen LogP) is 3.92. The molecular weight excluding hydrogens is 248 g/mol. The van der Waals surface area contributed by atoms with Crippen molar-refractivity contribution in [1.29, 1.82) is 0 Å². The van der Waals surface area contributed by atoms with Gasteiger partial charge in [-0.15, -0.1) is 0 Å². The van der Waals surface area contributed by atoms with Crippen LogP contribution in [0, 0.1) is 6.92 Å². The van der Waals surface area contributed by atoms with Gasteiger partial charge in [-0.3, -0.25) is 0 Å². The molecule has 20 heavy (non-hydrogen) atoms. The lowest BCUT2D eigenvalue weighted by Crippen LogP contribution is -2.14. The molecule has 0 bridgehead atoms. The quantitative estimate of drug-likeness (QED) is 0.748. The van der Waals surface area contributed by atoms with Gasteiger partial charge in [-0.05, 0) is 38.1 Å². The van der Waals surface area contributed by atoms with Crippen molar-refractivity contribution in [3.63, 3.8) is 0 Å². The third-order valence-electron chi connectivity index (χ3n) is 3.01. The molecule has 0 heterocycles. The van der Waals surface area contributed by atoms with Gasteiger partial charge in [0, 0.05) is 18.8 Å². The summed E-state index contributed by atoms with van der Waals surface area (Å²) in [7, 11) is 0. The van der Waals surface area contributed by atoms with E-state index in [0.29, 0.717) is 6.61 Å². The first-order valence-electron chi connectivity index (χ1n) is 7.06. The Morgan fingerprint density at radius 3 is 2.35 bits per heavy atom. The van der Waals surface area contributed by atoms with Crippen molar-refractivity contribution in [2.75, 3.05) is 30.3 Å². The maximum Gasteiger partial charge on any atom is 0.142 e. The zero-order chi connectivity index (χ0) is 14.2. The summed E-state index contributed by atoms with van der Waals surface area (Å²) in [6.07, 6.45) is 0. The van der Waals surface area contributed by atoms with E-state index in [1.807, 2.05) is 31.2 Å². The molecule has 3 heteroatoms. The normalized spacial score (nSPS) is 10.1. The van der Waals surface area contributed by atoms with Crippen LogP contribution in [-0.2, 0) is 0 Å². The van der Waals surface area contributed by atoms with Gasteiger partial charge in [0.1, 0.15) is 5.75 Å². The first-order valence-corrected chi connectivity index (χ1v) is 7.06. The molecule has 2 rings (SSSR count). The summed E-state index contributed by atoms with van der Waals surface area (Å²) in [5.41, 5.74) is 3.47. The minimum absolute atomic E-state index is 0.681. The molecule has 0 saturated heterocycles. The second kappa shape index (κ2) is 7.43. The summed E-state index contributed by atoms with van der Waals surface area (Å²) in [5, 5.41) is 6.78. The smallest absolute Gasteiger partial charge is 0.142 e. The van der Waals surface area contributed by atoms with Crippen molar-refractivity contribution in [2.45, 2.75) is 13.8 Å². The highest BCUT2D eigenvalue weighted by atomic mass is 16.5. The Bertz CT molecular complexity index is 523. The molecule has 0 spiro atoms. The summed E-state index contributed by atoms with van der Waals surface area (Å²) in [4.78, 5) is 0. The van der Waals surface area contributed by atoms with E-state index in [2.05, 4.69) is 41.8 Å². The maximum absolute atomic E-state index is 5.58. The molecular formula is C17H22N2O. The van der Waals surface area contributed by atoms with Crippen LogP contribution in [0.4, 0.5) is 11.4 Å². The van der Waals surface area contributed by atoms with Crippen molar-refractivity contribution in [2.24, 2.45) is 0 Å². The highest BCUT2D eigenvalue weighted by Crippen LogP contribution is 2.23. The molecule has 0 saturated carbocycles. The van der Waals surface area contributed by atoms with Crippen LogP contribution in [0.15, 0.2) is 48.5 Å². The Morgan fingerprint density at radius 2 is 1.60 bits per heavy atom. The molecule has 0 aliphatic heterocycles. The molecule has 2 aromatic carbocycles. The van der Waals surface area contributed by atoms with Crippen molar-refractivity contribution < 1.29 is 4.74 Å². The monoisotopic (exact) mass is 270 g/mol. The van der Waals surface area contributed by atoms with E-state index in [1.165, 1.54) is 5.56 Å². The standard InChI is InChI=1S/C17H22N2O/c1-3-20-17-7-5-4-6-16(17)19-13-12-18-15-10-8-14(2)9-11-15/h4-11,18-19H,3,12-13H2,1-2H3. The molecule has 0 radical (unpaired) electrons. The first kappa shape index (κ1) is 14.3. The van der Waals surface area contributed by atoms with Gasteiger partial charge in [0.25, 0.3) is 0 Å². The number of ether oxygens (including phenoxy) is 1. The second-order valence-corrected chi connectivity index (χ2v) is 4.65. The molecule has 2 N–H and O–H groups in total. The van der Waals surface area contributed by atoms with Crippen LogP contribution in [0.2, 0.25) is 0 Å². The van der Waals surface area contributed by atoms with E-state index >= 15 is 0 Å². The SMILES string of the molecule is CCOc1ccccc1NCCNc1ccc(C)cc1. The van der Waals surface area contributed by atoms with Gasteiger partial charge in [-0.1, -0.05) is 29.8 Å². The van der Waals surface area contributed by atoms with Crippen LogP contribution in [0.3, 0.4) is 0 Å². The summed E-state index contributed by atoms with van der Waals surface area (Å²) in [6.45, 7) is 6.48. The van der Waals surface area contributed by atoms with E-state index in [9.17, 15) is 0 Å². The number of aryl methyl sites for hydroxylation is 1. The van der Waals surface area contributed by atoms with Gasteiger partial charge in [0.15, 0.2) is 0 Å². The van der Waals surface area contributed by atoms with Gasteiger partial charge in [-0.2, -0.15) is 0 Å². The molecule has 0 fully saturated rings. The fraction of sp³-hybridized carbons (Fsp3) is 0.294. The average Bonchev–Trinajstić information content (AvgIpc) is 2.47. The third kappa shape index (κ3) is 4.19. The topological polar surface area (TPSA) is 33.3 Å². The maximum atomic E-state index is 5.58. The largest absolute Gasteiger partial charge is 0.492 e. The van der Waals surface area contributed by atoms with E-state index in [1.54, 1.807) is 0 Å².